The highest BCUT2D eigenvalue weighted by Gasteiger charge is 2.14. The predicted molar refractivity (Wildman–Crippen MR) is 96.2 cm³/mol. The first kappa shape index (κ1) is 18.8. The number of amides is 1. The number of aliphatic carboxylic acids is 1. The average molecular weight is 377 g/mol. The molecule has 0 radical (unpaired) electrons. The number of carbonyl (C=O) groups is 3. The minimum absolute atomic E-state index is 0.0933. The molecule has 0 bridgehead atoms. The first-order valence-electron chi connectivity index (χ1n) is 8.40. The Morgan fingerprint density at radius 2 is 1.71 bits per heavy atom. The maximum atomic E-state index is 11.8. The second-order valence-corrected chi connectivity index (χ2v) is 5.96. The van der Waals surface area contributed by atoms with E-state index < -0.39 is 17.8 Å². The van der Waals surface area contributed by atoms with Crippen molar-refractivity contribution in [2.45, 2.75) is 12.8 Å². The molecule has 1 heterocycles. The van der Waals surface area contributed by atoms with Gasteiger partial charge in [0.25, 0.3) is 0 Å². The molecule has 0 unspecified atom stereocenters. The van der Waals surface area contributed by atoms with Crippen LogP contribution >= 0.6 is 0 Å². The highest BCUT2D eigenvalue weighted by molar-refractivity contribution is 5.95. The Labute approximate surface area is 160 Å². The highest BCUT2D eigenvalue weighted by Crippen LogP contribution is 2.26. The topological polar surface area (TPSA) is 127 Å². The van der Waals surface area contributed by atoms with E-state index >= 15 is 0 Å². The van der Waals surface area contributed by atoms with E-state index in [4.69, 9.17) is 0 Å². The number of nitrogens with one attached hydrogen (secondary N) is 1. The number of benzene rings is 2. The fourth-order valence-electron chi connectivity index (χ4n) is 2.63. The summed E-state index contributed by atoms with van der Waals surface area (Å²) in [4.78, 5) is 33.8. The van der Waals surface area contributed by atoms with Crippen LogP contribution < -0.4 is 15.5 Å². The fourth-order valence-corrected chi connectivity index (χ4v) is 2.63. The molecule has 0 spiro atoms. The molecule has 0 aliphatic carbocycles. The van der Waals surface area contributed by atoms with Crippen LogP contribution in [0.15, 0.2) is 60.8 Å². The number of nitrogens with zero attached hydrogens (tertiary/aromatic N) is 2. The lowest BCUT2D eigenvalue weighted by Gasteiger charge is -2.08. The number of hydrogen-bond acceptors (Lipinski definition) is 6. The van der Waals surface area contributed by atoms with E-state index in [-0.39, 0.29) is 24.1 Å². The Morgan fingerprint density at radius 3 is 2.39 bits per heavy atom. The van der Waals surface area contributed by atoms with E-state index in [1.165, 1.54) is 10.9 Å². The molecule has 28 heavy (non-hydrogen) atoms. The van der Waals surface area contributed by atoms with Crippen LogP contribution in [-0.4, -0.2) is 27.6 Å². The second kappa shape index (κ2) is 8.17. The first-order valence-corrected chi connectivity index (χ1v) is 8.40. The zero-order valence-electron chi connectivity index (χ0n) is 14.6. The number of aromatic nitrogens is 2. The number of para-hydroxylation sites is 1. The number of hydrogen-bond donors (Lipinski definition) is 1. The summed E-state index contributed by atoms with van der Waals surface area (Å²) < 4.78 is 1.44. The van der Waals surface area contributed by atoms with Gasteiger partial charge in [0.2, 0.25) is 5.91 Å². The number of rotatable bonds is 7. The predicted octanol–water partition coefficient (Wildman–Crippen LogP) is 0.371. The van der Waals surface area contributed by atoms with Crippen molar-refractivity contribution < 1.29 is 24.6 Å². The minimum Gasteiger partial charge on any atom is -0.550 e. The van der Waals surface area contributed by atoms with Crippen molar-refractivity contribution in [1.82, 2.24) is 9.78 Å². The molecule has 1 amide bonds. The van der Waals surface area contributed by atoms with Crippen LogP contribution in [0.1, 0.15) is 23.2 Å². The summed E-state index contributed by atoms with van der Waals surface area (Å²) in [5.74, 6) is -3.18. The smallest absolute Gasteiger partial charge is 0.224 e. The van der Waals surface area contributed by atoms with E-state index in [1.807, 2.05) is 6.07 Å². The van der Waals surface area contributed by atoms with Crippen molar-refractivity contribution in [2.75, 3.05) is 5.32 Å². The SMILES string of the molecule is O=C([O-])CCC(=O)Nc1cccc(-c2nn(-c3ccccc3)cc2C(=O)[O-])c1. The molecule has 142 valence electrons. The summed E-state index contributed by atoms with van der Waals surface area (Å²) in [5.41, 5.74) is 1.63. The molecule has 0 fully saturated rings. The molecule has 1 aromatic heterocycles. The van der Waals surface area contributed by atoms with Crippen molar-refractivity contribution in [1.29, 1.82) is 0 Å². The van der Waals surface area contributed by atoms with Gasteiger partial charge in [-0.05, 0) is 30.7 Å². The third-order valence-electron chi connectivity index (χ3n) is 3.93. The summed E-state index contributed by atoms with van der Waals surface area (Å²) in [6.07, 6.45) is 0.756. The third-order valence-corrected chi connectivity index (χ3v) is 3.93. The van der Waals surface area contributed by atoms with Gasteiger partial charge in [0.15, 0.2) is 0 Å². The second-order valence-electron chi connectivity index (χ2n) is 5.96. The number of carboxylic acid groups (broad SMARTS) is 2. The van der Waals surface area contributed by atoms with Gasteiger partial charge in [-0.1, -0.05) is 30.3 Å². The number of aromatic carboxylic acids is 1. The molecular weight excluding hydrogens is 362 g/mol. The Morgan fingerprint density at radius 1 is 0.964 bits per heavy atom. The molecule has 8 heteroatoms. The molecule has 3 aromatic rings. The summed E-state index contributed by atoms with van der Waals surface area (Å²) in [5, 5.41) is 28.9. The monoisotopic (exact) mass is 377 g/mol. The number of carboxylic acids is 2. The summed E-state index contributed by atoms with van der Waals surface area (Å²) in [7, 11) is 0. The van der Waals surface area contributed by atoms with Crippen molar-refractivity contribution in [3.8, 4) is 16.9 Å². The summed E-state index contributed by atoms with van der Waals surface area (Å²) in [6.45, 7) is 0. The van der Waals surface area contributed by atoms with E-state index in [1.54, 1.807) is 48.5 Å². The quantitative estimate of drug-likeness (QED) is 0.634. The highest BCUT2D eigenvalue weighted by atomic mass is 16.4. The lowest BCUT2D eigenvalue weighted by Crippen LogP contribution is -2.24. The molecule has 0 aliphatic rings. The van der Waals surface area contributed by atoms with E-state index in [2.05, 4.69) is 10.4 Å². The van der Waals surface area contributed by atoms with Gasteiger partial charge in [-0.15, -0.1) is 0 Å². The third kappa shape index (κ3) is 4.42. The maximum Gasteiger partial charge on any atom is 0.224 e. The molecule has 2 aromatic carbocycles. The van der Waals surface area contributed by atoms with E-state index in [9.17, 15) is 24.6 Å². The summed E-state index contributed by atoms with van der Waals surface area (Å²) >= 11 is 0. The van der Waals surface area contributed by atoms with Gasteiger partial charge in [-0.25, -0.2) is 4.68 Å². The van der Waals surface area contributed by atoms with Gasteiger partial charge in [0, 0.05) is 35.4 Å². The van der Waals surface area contributed by atoms with Crippen LogP contribution in [-0.2, 0) is 9.59 Å². The Hall–Kier alpha value is -3.94. The Balaban J connectivity index is 1.91. The van der Waals surface area contributed by atoms with Crippen LogP contribution in [0.4, 0.5) is 5.69 Å². The molecule has 0 aliphatic heterocycles. The lowest BCUT2D eigenvalue weighted by molar-refractivity contribution is -0.305. The van der Waals surface area contributed by atoms with Crippen LogP contribution in [0.3, 0.4) is 0 Å². The maximum absolute atomic E-state index is 11.8. The van der Waals surface area contributed by atoms with Crippen LogP contribution in [0.2, 0.25) is 0 Å². The van der Waals surface area contributed by atoms with Gasteiger partial charge < -0.3 is 25.1 Å². The largest absolute Gasteiger partial charge is 0.550 e. The van der Waals surface area contributed by atoms with Crippen molar-refractivity contribution in [3.63, 3.8) is 0 Å². The molecule has 0 saturated carbocycles. The lowest BCUT2D eigenvalue weighted by atomic mass is 10.1. The normalized spacial score (nSPS) is 10.4. The van der Waals surface area contributed by atoms with Gasteiger partial charge in [-0.2, -0.15) is 5.10 Å². The Bertz CT molecular complexity index is 1030. The van der Waals surface area contributed by atoms with Crippen LogP contribution in [0.5, 0.6) is 0 Å². The minimum atomic E-state index is -1.37. The van der Waals surface area contributed by atoms with Gasteiger partial charge in [-0.3, -0.25) is 4.79 Å². The van der Waals surface area contributed by atoms with E-state index in [0.29, 0.717) is 16.9 Å². The van der Waals surface area contributed by atoms with Gasteiger partial charge in [0.1, 0.15) is 5.69 Å². The molecule has 0 atom stereocenters. The van der Waals surface area contributed by atoms with Crippen LogP contribution in [0.25, 0.3) is 16.9 Å². The first-order chi connectivity index (χ1) is 13.4. The Kier molecular flexibility index (Phi) is 5.50. The van der Waals surface area contributed by atoms with Gasteiger partial charge in [0.05, 0.1) is 11.7 Å². The van der Waals surface area contributed by atoms with Crippen molar-refractivity contribution in [2.24, 2.45) is 0 Å². The molecular formula is C20H15N3O5-2. The van der Waals surface area contributed by atoms with E-state index in [0.717, 1.165) is 0 Å². The van der Waals surface area contributed by atoms with Gasteiger partial charge >= 0.3 is 0 Å². The van der Waals surface area contributed by atoms with Crippen molar-refractivity contribution in [3.05, 3.63) is 66.4 Å². The summed E-state index contributed by atoms with van der Waals surface area (Å²) in [6, 6.07) is 15.4. The number of carbonyl (C=O) groups excluding carboxylic acids is 3. The molecule has 0 saturated heterocycles. The zero-order chi connectivity index (χ0) is 20.1. The molecule has 8 nitrogen and oxygen atoms in total. The molecule has 1 N–H and O–H groups in total. The van der Waals surface area contributed by atoms with Crippen LogP contribution in [0, 0.1) is 0 Å². The number of anilines is 1. The standard InChI is InChI=1S/C20H17N3O5/c24-17(9-10-18(25)26)21-14-6-4-5-13(11-14)19-16(20(27)28)12-23(22-19)15-7-2-1-3-8-15/h1-8,11-12H,9-10H2,(H,21,24)(H,25,26)(H,27,28)/p-2. The van der Waals surface area contributed by atoms with Crippen molar-refractivity contribution >= 4 is 23.5 Å². The molecule has 3 rings (SSSR count). The zero-order valence-corrected chi connectivity index (χ0v) is 14.6. The average Bonchev–Trinajstić information content (AvgIpc) is 3.13. The fraction of sp³-hybridized carbons (Fsp3) is 0.100.